The summed E-state index contributed by atoms with van der Waals surface area (Å²) in [5, 5.41) is 3.55. The van der Waals surface area contributed by atoms with Crippen LogP contribution in [-0.4, -0.2) is 36.6 Å². The van der Waals surface area contributed by atoms with Crippen molar-refractivity contribution in [3.8, 4) is 0 Å². The van der Waals surface area contributed by atoms with Gasteiger partial charge in [0.25, 0.3) is 0 Å². The molecule has 0 spiro atoms. The minimum atomic E-state index is 0.422. The second-order valence-electron chi connectivity index (χ2n) is 6.66. The summed E-state index contributed by atoms with van der Waals surface area (Å²) in [7, 11) is 0. The molecule has 2 aliphatic rings. The maximum Gasteiger partial charge on any atom is 0.0197 e. The van der Waals surface area contributed by atoms with Gasteiger partial charge in [0.1, 0.15) is 0 Å². The molecule has 2 heteroatoms. The van der Waals surface area contributed by atoms with Crippen LogP contribution < -0.4 is 5.32 Å². The van der Waals surface area contributed by atoms with E-state index in [1.54, 1.807) is 0 Å². The minimum Gasteiger partial charge on any atom is -0.316 e. The van der Waals surface area contributed by atoms with Crippen LogP contribution in [0.2, 0.25) is 0 Å². The van der Waals surface area contributed by atoms with E-state index in [1.807, 2.05) is 0 Å². The second-order valence-corrected chi connectivity index (χ2v) is 6.66. The average molecular weight is 224 g/mol. The molecule has 2 fully saturated rings. The standard InChI is InChI=1S/C14H28N2/c1-11(2)6-5-7-16-10-12-8-15-9-13(12)14(16,3)4/h11-13,15H,5-10H2,1-4H3. The Labute approximate surface area is 101 Å². The third-order valence-corrected chi connectivity index (χ3v) is 4.73. The molecule has 2 heterocycles. The molecule has 94 valence electrons. The van der Waals surface area contributed by atoms with Crippen LogP contribution in [0, 0.1) is 17.8 Å². The lowest BCUT2D eigenvalue weighted by Gasteiger charge is -2.35. The first-order valence-corrected chi connectivity index (χ1v) is 6.97. The van der Waals surface area contributed by atoms with Gasteiger partial charge in [0.2, 0.25) is 0 Å². The Morgan fingerprint density at radius 1 is 1.31 bits per heavy atom. The molecule has 2 saturated heterocycles. The fourth-order valence-corrected chi connectivity index (χ4v) is 3.57. The van der Waals surface area contributed by atoms with E-state index in [0.717, 1.165) is 17.8 Å². The zero-order valence-corrected chi connectivity index (χ0v) is 11.4. The van der Waals surface area contributed by atoms with Gasteiger partial charge in [0.05, 0.1) is 0 Å². The highest BCUT2D eigenvalue weighted by Crippen LogP contribution is 2.40. The van der Waals surface area contributed by atoms with Crippen LogP contribution in [-0.2, 0) is 0 Å². The number of nitrogens with one attached hydrogen (secondary N) is 1. The monoisotopic (exact) mass is 224 g/mol. The van der Waals surface area contributed by atoms with Crippen molar-refractivity contribution in [3.05, 3.63) is 0 Å². The lowest BCUT2D eigenvalue weighted by molar-refractivity contribution is 0.136. The van der Waals surface area contributed by atoms with Crippen molar-refractivity contribution in [1.29, 1.82) is 0 Å². The van der Waals surface area contributed by atoms with Crippen molar-refractivity contribution >= 4 is 0 Å². The van der Waals surface area contributed by atoms with Gasteiger partial charge in [-0.25, -0.2) is 0 Å². The molecule has 0 aliphatic carbocycles. The Kier molecular flexibility index (Phi) is 3.60. The van der Waals surface area contributed by atoms with Gasteiger partial charge < -0.3 is 5.32 Å². The SMILES string of the molecule is CC(C)CCCN1CC2CNCC2C1(C)C. The van der Waals surface area contributed by atoms with Crippen molar-refractivity contribution in [2.45, 2.75) is 46.1 Å². The summed E-state index contributed by atoms with van der Waals surface area (Å²) in [6.45, 7) is 14.6. The predicted molar refractivity (Wildman–Crippen MR) is 69.6 cm³/mol. The maximum atomic E-state index is 3.55. The highest BCUT2D eigenvalue weighted by atomic mass is 15.2. The highest BCUT2D eigenvalue weighted by Gasteiger charge is 2.48. The lowest BCUT2D eigenvalue weighted by Crippen LogP contribution is -2.44. The molecule has 0 saturated carbocycles. The van der Waals surface area contributed by atoms with Gasteiger partial charge >= 0.3 is 0 Å². The molecule has 0 aromatic carbocycles. The van der Waals surface area contributed by atoms with Crippen LogP contribution in [0.5, 0.6) is 0 Å². The second kappa shape index (κ2) is 4.66. The summed E-state index contributed by atoms with van der Waals surface area (Å²) in [6.07, 6.45) is 2.74. The van der Waals surface area contributed by atoms with E-state index < -0.39 is 0 Å². The van der Waals surface area contributed by atoms with Crippen molar-refractivity contribution in [2.24, 2.45) is 17.8 Å². The highest BCUT2D eigenvalue weighted by molar-refractivity contribution is 5.04. The van der Waals surface area contributed by atoms with E-state index >= 15 is 0 Å². The Morgan fingerprint density at radius 2 is 2.06 bits per heavy atom. The molecule has 2 rings (SSSR count). The van der Waals surface area contributed by atoms with Gasteiger partial charge in [0.15, 0.2) is 0 Å². The Hall–Kier alpha value is -0.0800. The lowest BCUT2D eigenvalue weighted by atomic mass is 9.85. The number of rotatable bonds is 4. The molecule has 0 radical (unpaired) electrons. The number of fused-ring (bicyclic) bond motifs is 1. The van der Waals surface area contributed by atoms with E-state index in [4.69, 9.17) is 0 Å². The summed E-state index contributed by atoms with van der Waals surface area (Å²) in [4.78, 5) is 2.74. The van der Waals surface area contributed by atoms with Crippen LogP contribution in [0.4, 0.5) is 0 Å². The van der Waals surface area contributed by atoms with Crippen molar-refractivity contribution in [2.75, 3.05) is 26.2 Å². The molecule has 2 unspecified atom stereocenters. The summed E-state index contributed by atoms with van der Waals surface area (Å²) >= 11 is 0. The molecular weight excluding hydrogens is 196 g/mol. The Bertz CT molecular complexity index is 235. The van der Waals surface area contributed by atoms with Gasteiger partial charge in [-0.3, -0.25) is 4.90 Å². The third-order valence-electron chi connectivity index (χ3n) is 4.73. The minimum absolute atomic E-state index is 0.422. The molecule has 1 N–H and O–H groups in total. The first-order valence-electron chi connectivity index (χ1n) is 6.97. The first kappa shape index (κ1) is 12.4. The number of hydrogen-bond donors (Lipinski definition) is 1. The molecule has 0 bridgehead atoms. The zero-order valence-electron chi connectivity index (χ0n) is 11.4. The van der Waals surface area contributed by atoms with E-state index in [1.165, 1.54) is 39.0 Å². The number of likely N-dealkylation sites (tertiary alicyclic amines) is 1. The number of nitrogens with zero attached hydrogens (tertiary/aromatic N) is 1. The zero-order chi connectivity index (χ0) is 11.8. The maximum absolute atomic E-state index is 3.55. The van der Waals surface area contributed by atoms with Gasteiger partial charge in [0, 0.05) is 18.6 Å². The molecule has 0 aromatic heterocycles. The summed E-state index contributed by atoms with van der Waals surface area (Å²) < 4.78 is 0. The van der Waals surface area contributed by atoms with Crippen molar-refractivity contribution < 1.29 is 0 Å². The van der Waals surface area contributed by atoms with Crippen LogP contribution in [0.25, 0.3) is 0 Å². The van der Waals surface area contributed by atoms with Crippen LogP contribution in [0.1, 0.15) is 40.5 Å². The largest absolute Gasteiger partial charge is 0.316 e. The predicted octanol–water partition coefficient (Wildman–Crippen LogP) is 2.35. The molecule has 0 aromatic rings. The van der Waals surface area contributed by atoms with Crippen molar-refractivity contribution in [1.82, 2.24) is 10.2 Å². The smallest absolute Gasteiger partial charge is 0.0197 e. The fourth-order valence-electron chi connectivity index (χ4n) is 3.57. The molecule has 16 heavy (non-hydrogen) atoms. The van der Waals surface area contributed by atoms with E-state index in [9.17, 15) is 0 Å². The third kappa shape index (κ3) is 2.28. The summed E-state index contributed by atoms with van der Waals surface area (Å²) in [5.41, 5.74) is 0.422. The van der Waals surface area contributed by atoms with Gasteiger partial charge in [-0.15, -0.1) is 0 Å². The quantitative estimate of drug-likeness (QED) is 0.788. The van der Waals surface area contributed by atoms with E-state index in [-0.39, 0.29) is 0 Å². The van der Waals surface area contributed by atoms with Crippen molar-refractivity contribution in [3.63, 3.8) is 0 Å². The Morgan fingerprint density at radius 3 is 2.69 bits per heavy atom. The van der Waals surface area contributed by atoms with Crippen LogP contribution in [0.15, 0.2) is 0 Å². The normalized spacial score (nSPS) is 33.6. The average Bonchev–Trinajstić information content (AvgIpc) is 2.71. The van der Waals surface area contributed by atoms with Crippen LogP contribution in [0.3, 0.4) is 0 Å². The van der Waals surface area contributed by atoms with Gasteiger partial charge in [-0.1, -0.05) is 13.8 Å². The molecule has 0 amide bonds. The van der Waals surface area contributed by atoms with Crippen LogP contribution >= 0.6 is 0 Å². The molecule has 2 nitrogen and oxygen atoms in total. The number of hydrogen-bond acceptors (Lipinski definition) is 2. The van der Waals surface area contributed by atoms with E-state index in [2.05, 4.69) is 37.9 Å². The molecule has 2 aliphatic heterocycles. The summed E-state index contributed by atoms with van der Waals surface area (Å²) in [5.74, 6) is 2.65. The first-order chi connectivity index (χ1) is 7.51. The van der Waals surface area contributed by atoms with Gasteiger partial charge in [-0.05, 0) is 57.5 Å². The summed E-state index contributed by atoms with van der Waals surface area (Å²) in [6, 6.07) is 0. The Balaban J connectivity index is 1.86. The molecular formula is C14H28N2. The fraction of sp³-hybridized carbons (Fsp3) is 1.00. The molecule has 2 atom stereocenters. The topological polar surface area (TPSA) is 15.3 Å². The van der Waals surface area contributed by atoms with Gasteiger partial charge in [-0.2, -0.15) is 0 Å². The van der Waals surface area contributed by atoms with E-state index in [0.29, 0.717) is 5.54 Å².